The van der Waals surface area contributed by atoms with E-state index in [1.54, 1.807) is 12.1 Å². The first-order valence-electron chi connectivity index (χ1n) is 5.86. The van der Waals surface area contributed by atoms with Gasteiger partial charge in [0.05, 0.1) is 5.69 Å². The summed E-state index contributed by atoms with van der Waals surface area (Å²) in [6, 6.07) is 5.94. The highest BCUT2D eigenvalue weighted by Gasteiger charge is 2.21. The summed E-state index contributed by atoms with van der Waals surface area (Å²) in [7, 11) is 0. The lowest BCUT2D eigenvalue weighted by Gasteiger charge is -2.12. The van der Waals surface area contributed by atoms with Crippen LogP contribution in [-0.2, 0) is 5.41 Å². The Morgan fingerprint density at radius 2 is 2.00 bits per heavy atom. The Labute approximate surface area is 110 Å². The molecule has 1 heterocycles. The van der Waals surface area contributed by atoms with Crippen LogP contribution in [0, 0.1) is 5.82 Å². The van der Waals surface area contributed by atoms with E-state index >= 15 is 0 Å². The molecule has 0 atom stereocenters. The van der Waals surface area contributed by atoms with Crippen molar-refractivity contribution in [2.45, 2.75) is 26.2 Å². The van der Waals surface area contributed by atoms with Gasteiger partial charge in [-0.25, -0.2) is 9.37 Å². The van der Waals surface area contributed by atoms with Crippen molar-refractivity contribution < 1.29 is 9.18 Å². The predicted octanol–water partition coefficient (Wildman–Crippen LogP) is 2.49. The van der Waals surface area contributed by atoms with Crippen LogP contribution in [0.15, 0.2) is 24.3 Å². The maximum Gasteiger partial charge on any atom is 0.295 e. The molecule has 0 aliphatic carbocycles. The van der Waals surface area contributed by atoms with Gasteiger partial charge in [0.1, 0.15) is 11.6 Å². The van der Waals surface area contributed by atoms with Crippen LogP contribution in [-0.4, -0.2) is 21.1 Å². The second kappa shape index (κ2) is 4.79. The molecule has 0 aliphatic heterocycles. The fraction of sp³-hybridized carbons (Fsp3) is 0.308. The van der Waals surface area contributed by atoms with Gasteiger partial charge in [-0.1, -0.05) is 32.9 Å². The van der Waals surface area contributed by atoms with Gasteiger partial charge in [-0.15, -0.1) is 5.10 Å². The summed E-state index contributed by atoms with van der Waals surface area (Å²) < 4.78 is 13.4. The Balaban J connectivity index is 2.17. The zero-order valence-corrected chi connectivity index (χ0v) is 11.0. The number of rotatable bonds is 2. The zero-order valence-electron chi connectivity index (χ0n) is 11.0. The molecule has 5 nitrogen and oxygen atoms in total. The number of para-hydroxylation sites is 1. The van der Waals surface area contributed by atoms with Gasteiger partial charge in [-0.05, 0) is 12.1 Å². The van der Waals surface area contributed by atoms with E-state index in [0.29, 0.717) is 5.82 Å². The van der Waals surface area contributed by atoms with E-state index in [4.69, 9.17) is 0 Å². The number of hydrogen-bond donors (Lipinski definition) is 2. The van der Waals surface area contributed by atoms with Crippen LogP contribution in [0.25, 0.3) is 0 Å². The molecule has 2 aromatic rings. The fourth-order valence-electron chi connectivity index (χ4n) is 1.44. The van der Waals surface area contributed by atoms with Crippen molar-refractivity contribution in [1.29, 1.82) is 0 Å². The van der Waals surface area contributed by atoms with Crippen molar-refractivity contribution in [1.82, 2.24) is 15.2 Å². The fourth-order valence-corrected chi connectivity index (χ4v) is 1.44. The van der Waals surface area contributed by atoms with Crippen LogP contribution >= 0.6 is 0 Å². The zero-order chi connectivity index (χ0) is 14.0. The van der Waals surface area contributed by atoms with Gasteiger partial charge in [-0.2, -0.15) is 0 Å². The monoisotopic (exact) mass is 262 g/mol. The van der Waals surface area contributed by atoms with Crippen molar-refractivity contribution in [3.05, 3.63) is 41.7 Å². The van der Waals surface area contributed by atoms with Crippen LogP contribution < -0.4 is 5.32 Å². The first kappa shape index (κ1) is 13.2. The summed E-state index contributed by atoms with van der Waals surface area (Å²) >= 11 is 0. The second-order valence-electron chi connectivity index (χ2n) is 5.19. The molecule has 0 radical (unpaired) electrons. The molecule has 2 rings (SSSR count). The first-order valence-corrected chi connectivity index (χ1v) is 5.86. The summed E-state index contributed by atoms with van der Waals surface area (Å²) in [5, 5.41) is 8.98. The molecular formula is C13H15FN4O. The number of carbonyl (C=O) groups is 1. The quantitative estimate of drug-likeness (QED) is 0.873. The van der Waals surface area contributed by atoms with Crippen molar-refractivity contribution in [3.8, 4) is 0 Å². The maximum absolute atomic E-state index is 13.4. The normalized spacial score (nSPS) is 11.4. The molecule has 1 amide bonds. The molecular weight excluding hydrogens is 247 g/mol. The van der Waals surface area contributed by atoms with E-state index < -0.39 is 11.7 Å². The number of benzene rings is 1. The number of nitrogens with zero attached hydrogens (tertiary/aromatic N) is 2. The van der Waals surface area contributed by atoms with Gasteiger partial charge in [0.2, 0.25) is 5.82 Å². The van der Waals surface area contributed by atoms with Crippen LogP contribution in [0.1, 0.15) is 37.2 Å². The lowest BCUT2D eigenvalue weighted by molar-refractivity contribution is 0.101. The second-order valence-corrected chi connectivity index (χ2v) is 5.19. The largest absolute Gasteiger partial charge is 0.317 e. The number of halogens is 1. The van der Waals surface area contributed by atoms with Crippen molar-refractivity contribution in [2.24, 2.45) is 0 Å². The van der Waals surface area contributed by atoms with E-state index in [-0.39, 0.29) is 16.9 Å². The molecule has 0 spiro atoms. The average Bonchev–Trinajstić information content (AvgIpc) is 2.81. The van der Waals surface area contributed by atoms with E-state index in [1.807, 2.05) is 20.8 Å². The molecule has 6 heteroatoms. The van der Waals surface area contributed by atoms with Gasteiger partial charge < -0.3 is 5.32 Å². The molecule has 100 valence electrons. The van der Waals surface area contributed by atoms with Gasteiger partial charge in [0.25, 0.3) is 5.91 Å². The van der Waals surface area contributed by atoms with E-state index in [0.717, 1.165) is 0 Å². The number of anilines is 1. The van der Waals surface area contributed by atoms with Gasteiger partial charge in [-0.3, -0.25) is 9.89 Å². The Bertz CT molecular complexity index is 601. The number of H-pyrrole nitrogens is 1. The first-order chi connectivity index (χ1) is 8.88. The third-order valence-corrected chi connectivity index (χ3v) is 2.52. The maximum atomic E-state index is 13.4. The van der Waals surface area contributed by atoms with Gasteiger partial charge >= 0.3 is 0 Å². The van der Waals surface area contributed by atoms with Crippen molar-refractivity contribution in [3.63, 3.8) is 0 Å². The Morgan fingerprint density at radius 1 is 1.32 bits per heavy atom. The van der Waals surface area contributed by atoms with E-state index in [9.17, 15) is 9.18 Å². The van der Waals surface area contributed by atoms with E-state index in [2.05, 4.69) is 20.5 Å². The standard InChI is InChI=1S/C13H15FN4O/c1-13(2,3)12-16-10(17-18-12)11(19)15-9-7-5-4-6-8(9)14/h4-7H,1-3H3,(H,15,19)(H,16,17,18). The summed E-state index contributed by atoms with van der Waals surface area (Å²) in [5.74, 6) is -0.446. The highest BCUT2D eigenvalue weighted by atomic mass is 19.1. The van der Waals surface area contributed by atoms with Crippen molar-refractivity contribution >= 4 is 11.6 Å². The summed E-state index contributed by atoms with van der Waals surface area (Å²) in [5.41, 5.74) is -0.126. The summed E-state index contributed by atoms with van der Waals surface area (Å²) in [6.07, 6.45) is 0. The number of carbonyl (C=O) groups excluding carboxylic acids is 1. The SMILES string of the molecule is CC(C)(C)c1nc(C(=O)Nc2ccccc2F)n[nH]1. The predicted molar refractivity (Wildman–Crippen MR) is 69.4 cm³/mol. The average molecular weight is 262 g/mol. The topological polar surface area (TPSA) is 70.7 Å². The van der Waals surface area contributed by atoms with Gasteiger partial charge in [0.15, 0.2) is 0 Å². The number of amides is 1. The molecule has 1 aromatic heterocycles. The molecule has 0 bridgehead atoms. The molecule has 1 aromatic carbocycles. The number of aromatic amines is 1. The van der Waals surface area contributed by atoms with Crippen LogP contribution in [0.4, 0.5) is 10.1 Å². The lowest BCUT2D eigenvalue weighted by atomic mass is 9.96. The molecule has 2 N–H and O–H groups in total. The Kier molecular flexibility index (Phi) is 3.33. The molecule has 0 fully saturated rings. The summed E-state index contributed by atoms with van der Waals surface area (Å²) in [4.78, 5) is 16.0. The van der Waals surface area contributed by atoms with Crippen LogP contribution in [0.2, 0.25) is 0 Å². The third-order valence-electron chi connectivity index (χ3n) is 2.52. The smallest absolute Gasteiger partial charge is 0.295 e. The summed E-state index contributed by atoms with van der Waals surface area (Å²) in [6.45, 7) is 5.85. The number of nitrogens with one attached hydrogen (secondary N) is 2. The number of hydrogen-bond acceptors (Lipinski definition) is 3. The molecule has 0 saturated carbocycles. The highest BCUT2D eigenvalue weighted by Crippen LogP contribution is 2.18. The van der Waals surface area contributed by atoms with Crippen molar-refractivity contribution in [2.75, 3.05) is 5.32 Å². The Hall–Kier alpha value is -2.24. The molecule has 0 saturated heterocycles. The lowest BCUT2D eigenvalue weighted by Crippen LogP contribution is -2.16. The molecule has 0 unspecified atom stereocenters. The Morgan fingerprint density at radius 3 is 2.58 bits per heavy atom. The molecule has 0 aliphatic rings. The highest BCUT2D eigenvalue weighted by molar-refractivity contribution is 6.01. The minimum atomic E-state index is -0.545. The van der Waals surface area contributed by atoms with Crippen LogP contribution in [0.5, 0.6) is 0 Å². The van der Waals surface area contributed by atoms with Crippen LogP contribution in [0.3, 0.4) is 0 Å². The number of aromatic nitrogens is 3. The third kappa shape index (κ3) is 2.96. The molecule has 19 heavy (non-hydrogen) atoms. The minimum Gasteiger partial charge on any atom is -0.317 e. The van der Waals surface area contributed by atoms with Gasteiger partial charge in [0, 0.05) is 5.41 Å². The minimum absolute atomic E-state index is 0.00632. The van der Waals surface area contributed by atoms with E-state index in [1.165, 1.54) is 12.1 Å².